The van der Waals surface area contributed by atoms with E-state index in [1.165, 1.54) is 7.11 Å². The Labute approximate surface area is 127 Å². The fourth-order valence-electron chi connectivity index (χ4n) is 2.08. The van der Waals surface area contributed by atoms with E-state index in [0.29, 0.717) is 21.2 Å². The van der Waals surface area contributed by atoms with Crippen molar-refractivity contribution in [3.05, 3.63) is 63.4 Å². The van der Waals surface area contributed by atoms with E-state index in [1.54, 1.807) is 36.4 Å². The molecule has 2 nitrogen and oxygen atoms in total. The average molecular weight is 314 g/mol. The first-order valence-corrected chi connectivity index (χ1v) is 6.81. The maximum atomic E-state index is 14.1. The van der Waals surface area contributed by atoms with Gasteiger partial charge in [-0.3, -0.25) is 0 Å². The second-order valence-corrected chi connectivity index (χ2v) is 5.19. The van der Waals surface area contributed by atoms with Gasteiger partial charge in [0, 0.05) is 21.7 Å². The molecule has 2 N–H and O–H groups in total. The van der Waals surface area contributed by atoms with E-state index in [-0.39, 0.29) is 12.2 Å². The van der Waals surface area contributed by atoms with Crippen LogP contribution < -0.4 is 10.5 Å². The SMILES string of the molecule is COc1cccc(CC(N)c2c(Cl)cccc2Cl)c1F. The lowest BCUT2D eigenvalue weighted by Gasteiger charge is -2.16. The molecule has 2 aromatic carbocycles. The van der Waals surface area contributed by atoms with Crippen LogP contribution in [0.4, 0.5) is 4.39 Å². The van der Waals surface area contributed by atoms with Crippen molar-refractivity contribution in [2.45, 2.75) is 12.5 Å². The number of benzene rings is 2. The van der Waals surface area contributed by atoms with Gasteiger partial charge in [-0.15, -0.1) is 0 Å². The molecular weight excluding hydrogens is 300 g/mol. The smallest absolute Gasteiger partial charge is 0.168 e. The minimum Gasteiger partial charge on any atom is -0.494 e. The molecule has 0 amide bonds. The zero-order chi connectivity index (χ0) is 14.7. The Bertz CT molecular complexity index is 599. The molecule has 0 aliphatic carbocycles. The van der Waals surface area contributed by atoms with Gasteiger partial charge in [-0.25, -0.2) is 4.39 Å². The highest BCUT2D eigenvalue weighted by atomic mass is 35.5. The summed E-state index contributed by atoms with van der Waals surface area (Å²) in [5.41, 5.74) is 7.20. The minimum absolute atomic E-state index is 0.194. The Balaban J connectivity index is 2.31. The van der Waals surface area contributed by atoms with E-state index < -0.39 is 11.9 Å². The predicted molar refractivity (Wildman–Crippen MR) is 80.0 cm³/mol. The largest absolute Gasteiger partial charge is 0.494 e. The van der Waals surface area contributed by atoms with Gasteiger partial charge in [0.05, 0.1) is 7.11 Å². The first kappa shape index (κ1) is 15.1. The monoisotopic (exact) mass is 313 g/mol. The van der Waals surface area contributed by atoms with Crippen LogP contribution in [-0.2, 0) is 6.42 Å². The summed E-state index contributed by atoms with van der Waals surface area (Å²) in [5.74, 6) is -0.214. The fraction of sp³-hybridized carbons (Fsp3) is 0.200. The highest BCUT2D eigenvalue weighted by Crippen LogP contribution is 2.32. The first-order valence-electron chi connectivity index (χ1n) is 6.05. The predicted octanol–water partition coefficient (Wildman–Crippen LogP) is 4.38. The third-order valence-corrected chi connectivity index (χ3v) is 3.73. The molecule has 1 atom stereocenters. The van der Waals surface area contributed by atoms with Gasteiger partial charge < -0.3 is 10.5 Å². The third kappa shape index (κ3) is 3.06. The van der Waals surface area contributed by atoms with Crippen LogP contribution in [-0.4, -0.2) is 7.11 Å². The summed E-state index contributed by atoms with van der Waals surface area (Å²) in [5, 5.41) is 0.960. The fourth-order valence-corrected chi connectivity index (χ4v) is 2.75. The van der Waals surface area contributed by atoms with Crippen LogP contribution >= 0.6 is 23.2 Å². The topological polar surface area (TPSA) is 35.2 Å². The zero-order valence-electron chi connectivity index (χ0n) is 10.9. The van der Waals surface area contributed by atoms with Gasteiger partial charge >= 0.3 is 0 Å². The van der Waals surface area contributed by atoms with Gasteiger partial charge in [0.1, 0.15) is 0 Å². The Morgan fingerprint density at radius 3 is 2.35 bits per heavy atom. The van der Waals surface area contributed by atoms with Crippen molar-refractivity contribution >= 4 is 23.2 Å². The van der Waals surface area contributed by atoms with Gasteiger partial charge in [-0.1, -0.05) is 41.4 Å². The maximum Gasteiger partial charge on any atom is 0.168 e. The molecule has 0 spiro atoms. The third-order valence-electron chi connectivity index (χ3n) is 3.07. The molecular formula is C15H14Cl2FNO. The second-order valence-electron chi connectivity index (χ2n) is 4.38. The van der Waals surface area contributed by atoms with E-state index in [1.807, 2.05) is 0 Å². The number of nitrogens with two attached hydrogens (primary N) is 1. The summed E-state index contributed by atoms with van der Waals surface area (Å²) in [6.07, 6.45) is 0.284. The Morgan fingerprint density at radius 2 is 1.75 bits per heavy atom. The number of halogens is 3. The molecule has 0 aliphatic heterocycles. The van der Waals surface area contributed by atoms with Gasteiger partial charge in [-0.05, 0) is 30.2 Å². The highest BCUT2D eigenvalue weighted by molar-refractivity contribution is 6.36. The summed E-state index contributed by atoms with van der Waals surface area (Å²) in [4.78, 5) is 0. The lowest BCUT2D eigenvalue weighted by Crippen LogP contribution is -2.15. The van der Waals surface area contributed by atoms with Crippen LogP contribution in [0.5, 0.6) is 5.75 Å². The normalized spacial score (nSPS) is 12.2. The lowest BCUT2D eigenvalue weighted by molar-refractivity contribution is 0.383. The summed E-state index contributed by atoms with van der Waals surface area (Å²) in [7, 11) is 1.42. The van der Waals surface area contributed by atoms with Crippen LogP contribution in [0.25, 0.3) is 0 Å². The molecule has 2 aromatic rings. The molecule has 0 saturated carbocycles. The van der Waals surface area contributed by atoms with Crippen molar-refractivity contribution in [2.75, 3.05) is 7.11 Å². The highest BCUT2D eigenvalue weighted by Gasteiger charge is 2.17. The summed E-state index contributed by atoms with van der Waals surface area (Å²) < 4.78 is 19.1. The molecule has 0 aliphatic rings. The summed E-state index contributed by atoms with van der Waals surface area (Å²) in [6, 6.07) is 9.63. The number of ether oxygens (including phenoxy) is 1. The molecule has 106 valence electrons. The number of rotatable bonds is 4. The Hall–Kier alpha value is -1.29. The van der Waals surface area contributed by atoms with Crippen molar-refractivity contribution in [3.63, 3.8) is 0 Å². The van der Waals surface area contributed by atoms with Crippen LogP contribution in [0.15, 0.2) is 36.4 Å². The van der Waals surface area contributed by atoms with Crippen LogP contribution in [0.2, 0.25) is 10.0 Å². The van der Waals surface area contributed by atoms with Crippen molar-refractivity contribution in [1.29, 1.82) is 0 Å². The minimum atomic E-state index is -0.488. The summed E-state index contributed by atoms with van der Waals surface area (Å²) in [6.45, 7) is 0. The molecule has 0 saturated heterocycles. The molecule has 0 aromatic heterocycles. The van der Waals surface area contributed by atoms with Gasteiger partial charge in [0.15, 0.2) is 11.6 Å². The molecule has 20 heavy (non-hydrogen) atoms. The van der Waals surface area contributed by atoms with E-state index in [0.717, 1.165) is 0 Å². The molecule has 2 rings (SSSR count). The Morgan fingerprint density at radius 1 is 1.15 bits per heavy atom. The van der Waals surface area contributed by atoms with Gasteiger partial charge in [0.25, 0.3) is 0 Å². The van der Waals surface area contributed by atoms with E-state index in [2.05, 4.69) is 0 Å². The van der Waals surface area contributed by atoms with E-state index in [4.69, 9.17) is 33.7 Å². The quantitative estimate of drug-likeness (QED) is 0.909. The standard InChI is InChI=1S/C15H14Cl2FNO/c1-20-13-7-2-4-9(15(13)18)8-12(19)14-10(16)5-3-6-11(14)17/h2-7,12H,8,19H2,1H3. The average Bonchev–Trinajstić information content (AvgIpc) is 2.41. The Kier molecular flexibility index (Phi) is 4.86. The number of hydrogen-bond donors (Lipinski definition) is 1. The number of hydrogen-bond acceptors (Lipinski definition) is 2. The molecule has 5 heteroatoms. The molecule has 1 unspecified atom stereocenters. The lowest BCUT2D eigenvalue weighted by atomic mass is 9.99. The van der Waals surface area contributed by atoms with Crippen LogP contribution in [0.3, 0.4) is 0 Å². The van der Waals surface area contributed by atoms with E-state index in [9.17, 15) is 4.39 Å². The first-order chi connectivity index (χ1) is 9.54. The maximum absolute atomic E-state index is 14.1. The van der Waals surface area contributed by atoms with Crippen molar-refractivity contribution in [1.82, 2.24) is 0 Å². The molecule has 0 fully saturated rings. The van der Waals surface area contributed by atoms with Crippen molar-refractivity contribution in [3.8, 4) is 5.75 Å². The van der Waals surface area contributed by atoms with Crippen LogP contribution in [0.1, 0.15) is 17.2 Å². The number of methoxy groups -OCH3 is 1. The molecule has 0 radical (unpaired) electrons. The van der Waals surface area contributed by atoms with Crippen molar-refractivity contribution < 1.29 is 9.13 Å². The summed E-state index contributed by atoms with van der Waals surface area (Å²) >= 11 is 12.2. The van der Waals surface area contributed by atoms with Crippen LogP contribution in [0, 0.1) is 5.82 Å². The zero-order valence-corrected chi connectivity index (χ0v) is 12.4. The van der Waals surface area contributed by atoms with Gasteiger partial charge in [0.2, 0.25) is 0 Å². The molecule has 0 heterocycles. The molecule has 0 bridgehead atoms. The van der Waals surface area contributed by atoms with Gasteiger partial charge in [-0.2, -0.15) is 0 Å². The van der Waals surface area contributed by atoms with Crippen molar-refractivity contribution in [2.24, 2.45) is 5.73 Å². The van der Waals surface area contributed by atoms with E-state index >= 15 is 0 Å². The second kappa shape index (κ2) is 6.44.